The van der Waals surface area contributed by atoms with Gasteiger partial charge in [0.05, 0.1) is 17.4 Å². The quantitative estimate of drug-likeness (QED) is 0.665. The number of imidazole rings is 1. The molecule has 6 heteroatoms. The summed E-state index contributed by atoms with van der Waals surface area (Å²) in [5.74, 6) is 0.351. The van der Waals surface area contributed by atoms with Gasteiger partial charge in [-0.2, -0.15) is 0 Å². The third-order valence-corrected chi connectivity index (χ3v) is 5.87. The number of aromatic nitrogens is 3. The fourth-order valence-electron chi connectivity index (χ4n) is 4.39. The minimum Gasteiger partial charge on any atom is -0.382 e. The number of fused-ring (bicyclic) bond motifs is 3. The SMILES string of the molecule is NC(=O)C1(CCCCn2cnc3c(N)nc4ccccc4c32)CCCC1. The second-order valence-electron chi connectivity index (χ2n) is 7.46. The number of hydrogen-bond acceptors (Lipinski definition) is 4. The highest BCUT2D eigenvalue weighted by Crippen LogP contribution is 2.42. The molecule has 0 saturated heterocycles. The van der Waals surface area contributed by atoms with Gasteiger partial charge in [0.15, 0.2) is 5.82 Å². The van der Waals surface area contributed by atoms with Gasteiger partial charge < -0.3 is 16.0 Å². The summed E-state index contributed by atoms with van der Waals surface area (Å²) in [6.45, 7) is 0.846. The number of nitrogens with zero attached hydrogens (tertiary/aromatic N) is 3. The van der Waals surface area contributed by atoms with E-state index in [0.717, 1.165) is 73.4 Å². The summed E-state index contributed by atoms with van der Waals surface area (Å²) in [5, 5.41) is 1.07. The number of pyridine rings is 1. The number of nitrogen functional groups attached to an aromatic ring is 1. The molecule has 6 nitrogen and oxygen atoms in total. The Morgan fingerprint density at radius 3 is 2.73 bits per heavy atom. The molecule has 1 saturated carbocycles. The highest BCUT2D eigenvalue weighted by atomic mass is 16.1. The molecule has 2 heterocycles. The summed E-state index contributed by atoms with van der Waals surface area (Å²) < 4.78 is 2.15. The summed E-state index contributed by atoms with van der Waals surface area (Å²) in [7, 11) is 0. The van der Waals surface area contributed by atoms with Gasteiger partial charge in [-0.25, -0.2) is 9.97 Å². The lowest BCUT2D eigenvalue weighted by Crippen LogP contribution is -2.34. The van der Waals surface area contributed by atoms with Crippen LogP contribution in [0.3, 0.4) is 0 Å². The number of amides is 1. The van der Waals surface area contributed by atoms with E-state index in [1.165, 1.54) is 0 Å². The molecule has 3 aromatic rings. The summed E-state index contributed by atoms with van der Waals surface area (Å²) >= 11 is 0. The van der Waals surface area contributed by atoms with Crippen molar-refractivity contribution < 1.29 is 4.79 Å². The first-order valence-corrected chi connectivity index (χ1v) is 9.40. The average molecular weight is 351 g/mol. The van der Waals surface area contributed by atoms with Gasteiger partial charge in [-0.1, -0.05) is 37.5 Å². The second kappa shape index (κ2) is 6.59. The van der Waals surface area contributed by atoms with Crippen LogP contribution >= 0.6 is 0 Å². The third-order valence-electron chi connectivity index (χ3n) is 5.87. The van der Waals surface area contributed by atoms with E-state index in [9.17, 15) is 4.79 Å². The zero-order valence-electron chi connectivity index (χ0n) is 14.9. The van der Waals surface area contributed by atoms with Gasteiger partial charge in [0, 0.05) is 17.3 Å². The van der Waals surface area contributed by atoms with Crippen molar-refractivity contribution in [3.63, 3.8) is 0 Å². The minimum absolute atomic E-state index is 0.118. The Labute approximate surface area is 152 Å². The maximum Gasteiger partial charge on any atom is 0.223 e. The number of hydrogen-bond donors (Lipinski definition) is 2. The van der Waals surface area contributed by atoms with Crippen molar-refractivity contribution in [1.29, 1.82) is 0 Å². The molecule has 4 rings (SSSR count). The number of carbonyl (C=O) groups excluding carboxylic acids is 1. The Balaban J connectivity index is 1.52. The van der Waals surface area contributed by atoms with E-state index in [1.54, 1.807) is 0 Å². The fourth-order valence-corrected chi connectivity index (χ4v) is 4.39. The van der Waals surface area contributed by atoms with E-state index in [4.69, 9.17) is 11.5 Å². The van der Waals surface area contributed by atoms with Gasteiger partial charge in [-0.15, -0.1) is 0 Å². The first kappa shape index (κ1) is 16.8. The van der Waals surface area contributed by atoms with Crippen molar-refractivity contribution in [2.45, 2.75) is 51.5 Å². The molecule has 0 spiro atoms. The molecule has 26 heavy (non-hydrogen) atoms. The molecule has 1 aliphatic rings. The molecule has 1 aliphatic carbocycles. The number of para-hydroxylation sites is 1. The van der Waals surface area contributed by atoms with Crippen LogP contribution in [0.15, 0.2) is 30.6 Å². The Morgan fingerprint density at radius 2 is 1.96 bits per heavy atom. The van der Waals surface area contributed by atoms with Gasteiger partial charge in [0.25, 0.3) is 0 Å². The van der Waals surface area contributed by atoms with Gasteiger partial charge in [-0.05, 0) is 31.7 Å². The van der Waals surface area contributed by atoms with Crippen molar-refractivity contribution >= 4 is 33.7 Å². The molecule has 1 amide bonds. The Hall–Kier alpha value is -2.63. The first-order valence-electron chi connectivity index (χ1n) is 9.40. The molecule has 0 aliphatic heterocycles. The lowest BCUT2D eigenvalue weighted by Gasteiger charge is -2.24. The number of nitrogens with two attached hydrogens (primary N) is 2. The molecule has 0 atom stereocenters. The number of aryl methyl sites for hydroxylation is 1. The Kier molecular flexibility index (Phi) is 4.26. The van der Waals surface area contributed by atoms with Crippen LogP contribution < -0.4 is 11.5 Å². The lowest BCUT2D eigenvalue weighted by atomic mass is 9.80. The standard InChI is InChI=1S/C20H25N5O/c21-18-16-17(14-7-1-2-8-15(14)24-18)25(13-23-16)12-6-5-11-20(19(22)26)9-3-4-10-20/h1-2,7-8,13H,3-6,9-12H2,(H2,21,24)(H2,22,26). The van der Waals surface area contributed by atoms with Crippen molar-refractivity contribution in [3.05, 3.63) is 30.6 Å². The van der Waals surface area contributed by atoms with Crippen molar-refractivity contribution in [1.82, 2.24) is 14.5 Å². The van der Waals surface area contributed by atoms with Crippen LogP contribution in [-0.2, 0) is 11.3 Å². The normalized spacial score (nSPS) is 16.5. The fraction of sp³-hybridized carbons (Fsp3) is 0.450. The topological polar surface area (TPSA) is 99.8 Å². The molecule has 2 aromatic heterocycles. The van der Waals surface area contributed by atoms with Crippen molar-refractivity contribution in [2.75, 3.05) is 5.73 Å². The number of unbranched alkanes of at least 4 members (excludes halogenated alkanes) is 1. The predicted molar refractivity (Wildman–Crippen MR) is 103 cm³/mol. The summed E-state index contributed by atoms with van der Waals surface area (Å²) in [5.41, 5.74) is 14.2. The Bertz CT molecular complexity index is 955. The second-order valence-corrected chi connectivity index (χ2v) is 7.46. The number of anilines is 1. The number of benzene rings is 1. The number of primary amides is 1. The Morgan fingerprint density at radius 1 is 1.19 bits per heavy atom. The molecular formula is C20H25N5O. The van der Waals surface area contributed by atoms with Crippen LogP contribution in [0.4, 0.5) is 5.82 Å². The first-order chi connectivity index (χ1) is 12.6. The van der Waals surface area contributed by atoms with E-state index in [2.05, 4.69) is 20.6 Å². The van der Waals surface area contributed by atoms with E-state index < -0.39 is 0 Å². The summed E-state index contributed by atoms with van der Waals surface area (Å²) in [4.78, 5) is 20.8. The predicted octanol–water partition coefficient (Wildman–Crippen LogP) is 3.38. The van der Waals surface area contributed by atoms with E-state index in [0.29, 0.717) is 5.82 Å². The van der Waals surface area contributed by atoms with Gasteiger partial charge in [0.2, 0.25) is 5.91 Å². The van der Waals surface area contributed by atoms with E-state index >= 15 is 0 Å². The molecule has 0 unspecified atom stereocenters. The van der Waals surface area contributed by atoms with Gasteiger partial charge in [0.1, 0.15) is 5.52 Å². The minimum atomic E-state index is -0.266. The molecule has 0 bridgehead atoms. The third kappa shape index (κ3) is 2.79. The monoisotopic (exact) mass is 351 g/mol. The molecule has 4 N–H and O–H groups in total. The van der Waals surface area contributed by atoms with E-state index in [-0.39, 0.29) is 11.3 Å². The highest BCUT2D eigenvalue weighted by Gasteiger charge is 2.38. The number of rotatable bonds is 6. The van der Waals surface area contributed by atoms with Gasteiger partial charge in [-0.3, -0.25) is 4.79 Å². The molecule has 1 fully saturated rings. The van der Waals surface area contributed by atoms with Crippen LogP contribution in [0.25, 0.3) is 21.9 Å². The smallest absolute Gasteiger partial charge is 0.223 e. The van der Waals surface area contributed by atoms with Crippen LogP contribution in [0.1, 0.15) is 44.9 Å². The molecular weight excluding hydrogens is 326 g/mol. The summed E-state index contributed by atoms with van der Waals surface area (Å²) in [6, 6.07) is 8.00. The van der Waals surface area contributed by atoms with Crippen LogP contribution in [-0.4, -0.2) is 20.4 Å². The maximum atomic E-state index is 11.9. The largest absolute Gasteiger partial charge is 0.382 e. The number of carbonyl (C=O) groups is 1. The molecule has 0 radical (unpaired) electrons. The molecule has 1 aromatic carbocycles. The van der Waals surface area contributed by atoms with Crippen LogP contribution in [0.5, 0.6) is 0 Å². The zero-order chi connectivity index (χ0) is 18.1. The van der Waals surface area contributed by atoms with Crippen molar-refractivity contribution in [2.24, 2.45) is 11.1 Å². The van der Waals surface area contributed by atoms with Crippen LogP contribution in [0, 0.1) is 5.41 Å². The van der Waals surface area contributed by atoms with Crippen LogP contribution in [0.2, 0.25) is 0 Å². The highest BCUT2D eigenvalue weighted by molar-refractivity contribution is 6.06. The average Bonchev–Trinajstić information content (AvgIpc) is 3.27. The zero-order valence-corrected chi connectivity index (χ0v) is 14.9. The summed E-state index contributed by atoms with van der Waals surface area (Å²) in [6.07, 6.45) is 8.83. The van der Waals surface area contributed by atoms with Gasteiger partial charge >= 0.3 is 0 Å². The van der Waals surface area contributed by atoms with Crippen molar-refractivity contribution in [3.8, 4) is 0 Å². The lowest BCUT2D eigenvalue weighted by molar-refractivity contribution is -0.127. The maximum absolute atomic E-state index is 11.9. The van der Waals surface area contributed by atoms with E-state index in [1.807, 2.05) is 24.5 Å². The molecule has 136 valence electrons.